The summed E-state index contributed by atoms with van der Waals surface area (Å²) in [6, 6.07) is 13.5. The van der Waals surface area contributed by atoms with Crippen LogP contribution in [-0.2, 0) is 19.2 Å². The van der Waals surface area contributed by atoms with Gasteiger partial charge in [0.25, 0.3) is 5.91 Å². The van der Waals surface area contributed by atoms with E-state index in [9.17, 15) is 28.8 Å². The number of nitrogens with zero attached hydrogens (tertiary/aromatic N) is 1. The van der Waals surface area contributed by atoms with Gasteiger partial charge in [-0.15, -0.1) is 0 Å². The van der Waals surface area contributed by atoms with E-state index in [2.05, 4.69) is 31.9 Å². The van der Waals surface area contributed by atoms with Crippen LogP contribution in [-0.4, -0.2) is 95.7 Å². The zero-order chi connectivity index (χ0) is 37.0. The molecule has 0 aromatic heterocycles. The average molecular weight is 738 g/mol. The van der Waals surface area contributed by atoms with Crippen LogP contribution in [0.3, 0.4) is 0 Å². The lowest BCUT2D eigenvalue weighted by Crippen LogP contribution is -2.56. The number of hydrogen-bond acceptors (Lipinski definition) is 8. The Morgan fingerprint density at radius 2 is 1.63 bits per heavy atom. The summed E-state index contributed by atoms with van der Waals surface area (Å²) >= 11 is 1.87. The van der Waals surface area contributed by atoms with Crippen molar-refractivity contribution in [3.63, 3.8) is 0 Å². The Balaban J connectivity index is 1.06. The highest BCUT2D eigenvalue weighted by atomic mass is 32.2. The predicted octanol–water partition coefficient (Wildman–Crippen LogP) is 2.42. The van der Waals surface area contributed by atoms with Crippen LogP contribution < -0.4 is 41.5 Å². The van der Waals surface area contributed by atoms with Gasteiger partial charge in [-0.05, 0) is 56.7 Å². The van der Waals surface area contributed by atoms with E-state index < -0.39 is 42.0 Å². The Morgan fingerprint density at radius 3 is 2.38 bits per heavy atom. The molecule has 5 rings (SSSR count). The number of carboxylic acid groups (broad SMARTS) is 1. The maximum atomic E-state index is 14.2. The molecule has 0 radical (unpaired) electrons. The van der Waals surface area contributed by atoms with Gasteiger partial charge in [0.1, 0.15) is 24.4 Å². The second-order valence-electron chi connectivity index (χ2n) is 13.1. The molecule has 2 aromatic rings. The average Bonchev–Trinajstić information content (AvgIpc) is 3.65. The normalized spacial score (nSPS) is 22.4. The Morgan fingerprint density at radius 1 is 0.923 bits per heavy atom. The van der Waals surface area contributed by atoms with Gasteiger partial charge >= 0.3 is 12.1 Å². The molecule has 2 fully saturated rings. The molecule has 3 aliphatic rings. The molecule has 52 heavy (non-hydrogen) atoms. The number of thioether (sulfide) groups is 1. The van der Waals surface area contributed by atoms with E-state index in [0.29, 0.717) is 48.2 Å². The van der Waals surface area contributed by atoms with Crippen molar-refractivity contribution in [2.75, 3.05) is 30.3 Å². The third-order valence-electron chi connectivity index (χ3n) is 9.28. The van der Waals surface area contributed by atoms with Crippen LogP contribution in [0.5, 0.6) is 5.75 Å². The number of unbranched alkanes of at least 4 members (excludes halogenated alkanes) is 3. The Labute approximate surface area is 306 Å². The first-order valence-corrected chi connectivity index (χ1v) is 18.8. The number of anilines is 1. The van der Waals surface area contributed by atoms with E-state index >= 15 is 0 Å². The van der Waals surface area contributed by atoms with Crippen molar-refractivity contribution in [1.29, 1.82) is 0 Å². The first-order chi connectivity index (χ1) is 25.1. The first-order valence-electron chi connectivity index (χ1n) is 17.7. The quantitative estimate of drug-likeness (QED) is 0.0939. The lowest BCUT2D eigenvalue weighted by molar-refractivity contribution is -0.131. The van der Waals surface area contributed by atoms with Crippen LogP contribution in [0, 0.1) is 0 Å². The standard InChI is InChI=1S/C36H47N7O8S/c1-22(39-36(49)50)33(46)41-31-32(23-12-4-2-5-13-23)51-26-15-7-6-14-25(26)43(34(31)47)20-29(45)38-19-11-3-10-18-37-28(44)17-9-8-16-27-30-24(21-52-27)40-35(48)42-30/h2,4-7,12-15,22,24,27,30-32,39H,3,8-11,16-21H2,1H3,(H,37,44)(H,38,45)(H,41,46)(H,49,50)(H2,40,42,48)/t22-,24-,27-,30-,31-,32+/m0/s1. The molecule has 6 atom stereocenters. The molecule has 280 valence electrons. The van der Waals surface area contributed by atoms with Crippen molar-refractivity contribution in [2.24, 2.45) is 0 Å². The number of nitrogens with one attached hydrogen (secondary N) is 6. The van der Waals surface area contributed by atoms with Gasteiger partial charge in [0.2, 0.25) is 17.7 Å². The smallest absolute Gasteiger partial charge is 0.405 e. The lowest BCUT2D eigenvalue weighted by atomic mass is 10.0. The molecular formula is C36H47N7O8S. The third kappa shape index (κ3) is 10.3. The van der Waals surface area contributed by atoms with E-state index in [0.717, 1.165) is 37.9 Å². The van der Waals surface area contributed by atoms with Crippen LogP contribution in [0.1, 0.15) is 63.5 Å². The molecule has 16 heteroatoms. The Hall–Kier alpha value is -4.99. The van der Waals surface area contributed by atoms with E-state index in [1.165, 1.54) is 11.8 Å². The second kappa shape index (κ2) is 18.5. The van der Waals surface area contributed by atoms with Gasteiger partial charge in [0, 0.05) is 30.5 Å². The number of amides is 7. The van der Waals surface area contributed by atoms with E-state index in [4.69, 9.17) is 9.84 Å². The van der Waals surface area contributed by atoms with Crippen molar-refractivity contribution >= 4 is 53.2 Å². The van der Waals surface area contributed by atoms with Crippen LogP contribution in [0.25, 0.3) is 0 Å². The lowest BCUT2D eigenvalue weighted by Gasteiger charge is -2.28. The molecular weight excluding hydrogens is 691 g/mol. The minimum atomic E-state index is -1.39. The molecule has 7 amide bonds. The number of benzene rings is 2. The number of urea groups is 1. The number of hydrogen-bond donors (Lipinski definition) is 7. The summed E-state index contributed by atoms with van der Waals surface area (Å²) in [4.78, 5) is 76.6. The summed E-state index contributed by atoms with van der Waals surface area (Å²) in [7, 11) is 0. The summed E-state index contributed by atoms with van der Waals surface area (Å²) in [6.45, 7) is 1.94. The molecule has 2 aromatic carbocycles. The highest BCUT2D eigenvalue weighted by molar-refractivity contribution is 8.00. The summed E-state index contributed by atoms with van der Waals surface area (Å²) in [6.07, 6.45) is 3.00. The van der Waals surface area contributed by atoms with E-state index in [-0.39, 0.29) is 30.6 Å². The molecule has 7 N–H and O–H groups in total. The molecule has 0 spiro atoms. The summed E-state index contributed by atoms with van der Waals surface area (Å²) < 4.78 is 6.33. The molecule has 0 bridgehead atoms. The van der Waals surface area contributed by atoms with Gasteiger partial charge in [-0.25, -0.2) is 9.59 Å². The molecule has 0 aliphatic carbocycles. The molecule has 3 aliphatic heterocycles. The van der Waals surface area contributed by atoms with Crippen molar-refractivity contribution in [3.8, 4) is 5.75 Å². The van der Waals surface area contributed by atoms with Gasteiger partial charge in [-0.3, -0.25) is 24.1 Å². The summed E-state index contributed by atoms with van der Waals surface area (Å²) in [5, 5.41) is 26.0. The summed E-state index contributed by atoms with van der Waals surface area (Å²) in [5.74, 6) is -0.439. The number of fused-ring (bicyclic) bond motifs is 2. The maximum absolute atomic E-state index is 14.2. The minimum absolute atomic E-state index is 0.0177. The number of rotatable bonds is 17. The van der Waals surface area contributed by atoms with E-state index in [1.54, 1.807) is 54.6 Å². The van der Waals surface area contributed by atoms with Crippen LogP contribution >= 0.6 is 11.8 Å². The molecule has 2 saturated heterocycles. The van der Waals surface area contributed by atoms with Crippen molar-refractivity contribution in [2.45, 2.75) is 87.4 Å². The predicted molar refractivity (Wildman–Crippen MR) is 195 cm³/mol. The van der Waals surface area contributed by atoms with E-state index in [1.807, 2.05) is 11.8 Å². The fraction of sp³-hybridized carbons (Fsp3) is 0.500. The first kappa shape index (κ1) is 38.2. The number of carbonyl (C=O) groups is 6. The van der Waals surface area contributed by atoms with Gasteiger partial charge in [-0.2, -0.15) is 11.8 Å². The minimum Gasteiger partial charge on any atom is -0.481 e. The van der Waals surface area contributed by atoms with Crippen molar-refractivity contribution in [3.05, 3.63) is 60.2 Å². The molecule has 0 unspecified atom stereocenters. The number of para-hydroxylation sites is 2. The number of ether oxygens (including phenoxy) is 1. The summed E-state index contributed by atoms with van der Waals surface area (Å²) in [5.41, 5.74) is 0.964. The zero-order valence-corrected chi connectivity index (χ0v) is 29.9. The third-order valence-corrected chi connectivity index (χ3v) is 10.8. The van der Waals surface area contributed by atoms with Gasteiger partial charge in [0.15, 0.2) is 6.10 Å². The SMILES string of the molecule is C[C@H](NC(=O)O)C(=O)N[C@@H]1C(=O)N(CC(=O)NCCCCCNC(=O)CCCC[C@@H]2SC[C@@H]3NC(=O)N[C@@H]32)c2ccccc2O[C@@H]1c1ccccc1. The Bertz CT molecular complexity index is 1600. The number of carbonyl (C=O) groups excluding carboxylic acids is 5. The fourth-order valence-electron chi connectivity index (χ4n) is 6.58. The van der Waals surface area contributed by atoms with Crippen molar-refractivity contribution in [1.82, 2.24) is 31.9 Å². The van der Waals surface area contributed by atoms with Gasteiger partial charge in [-0.1, -0.05) is 48.9 Å². The topological polar surface area (TPSA) is 207 Å². The Kier molecular flexibility index (Phi) is 13.6. The molecule has 3 heterocycles. The largest absolute Gasteiger partial charge is 0.481 e. The van der Waals surface area contributed by atoms with Crippen molar-refractivity contribution < 1.29 is 38.6 Å². The second-order valence-corrected chi connectivity index (χ2v) is 14.4. The zero-order valence-electron chi connectivity index (χ0n) is 29.1. The molecule has 15 nitrogen and oxygen atoms in total. The van der Waals surface area contributed by atoms with Gasteiger partial charge < -0.3 is 41.7 Å². The highest BCUT2D eigenvalue weighted by Gasteiger charge is 2.43. The van der Waals surface area contributed by atoms with Crippen LogP contribution in [0.15, 0.2) is 54.6 Å². The van der Waals surface area contributed by atoms with Crippen LogP contribution in [0.2, 0.25) is 0 Å². The monoisotopic (exact) mass is 737 g/mol. The molecule has 0 saturated carbocycles. The van der Waals surface area contributed by atoms with Gasteiger partial charge in [0.05, 0.1) is 17.8 Å². The fourth-order valence-corrected chi connectivity index (χ4v) is 8.12. The maximum Gasteiger partial charge on any atom is 0.405 e. The highest BCUT2D eigenvalue weighted by Crippen LogP contribution is 2.38. The van der Waals surface area contributed by atoms with Crippen LogP contribution in [0.4, 0.5) is 15.3 Å².